The minimum absolute atomic E-state index is 1.39. The second kappa shape index (κ2) is 10.7. The lowest BCUT2D eigenvalue weighted by atomic mass is 10.9. The molecule has 0 radical (unpaired) electrons. The summed E-state index contributed by atoms with van der Waals surface area (Å²) in [7, 11) is 0. The van der Waals surface area contributed by atoms with Crippen LogP contribution in [0.2, 0.25) is 0 Å². The molecule has 0 N–H and O–H groups in total. The van der Waals surface area contributed by atoms with Crippen LogP contribution in [0.15, 0.2) is 37.4 Å². The monoisotopic (exact) mass is 192 g/mol. The van der Waals surface area contributed by atoms with E-state index in [0.717, 1.165) is 0 Å². The average molecular weight is 192 g/mol. The van der Waals surface area contributed by atoms with Crippen LogP contribution in [0.4, 0.5) is 0 Å². The van der Waals surface area contributed by atoms with Crippen molar-refractivity contribution in [1.82, 2.24) is 30.4 Å². The normalized spacial score (nSPS) is 7.14. The van der Waals surface area contributed by atoms with Crippen LogP contribution in [0.1, 0.15) is 0 Å². The van der Waals surface area contributed by atoms with Gasteiger partial charge in [0.05, 0.1) is 12.4 Å². The van der Waals surface area contributed by atoms with Crippen molar-refractivity contribution >= 4 is 6.79 Å². The van der Waals surface area contributed by atoms with E-state index in [4.69, 9.17) is 4.79 Å². The molecule has 14 heavy (non-hydrogen) atoms. The zero-order valence-electron chi connectivity index (χ0n) is 7.26. The molecule has 0 spiro atoms. The van der Waals surface area contributed by atoms with Gasteiger partial charge in [-0.1, -0.05) is 0 Å². The Morgan fingerprint density at radius 2 is 1.07 bits per heavy atom. The fraction of sp³-hybridized carbons (Fsp3) is 0. The van der Waals surface area contributed by atoms with E-state index in [1.807, 2.05) is 6.79 Å². The van der Waals surface area contributed by atoms with Crippen LogP contribution in [0.5, 0.6) is 0 Å². The predicted molar refractivity (Wildman–Crippen MR) is 46.8 cm³/mol. The van der Waals surface area contributed by atoms with Gasteiger partial charge < -0.3 is 4.79 Å². The van der Waals surface area contributed by atoms with Crippen molar-refractivity contribution in [3.8, 4) is 0 Å². The van der Waals surface area contributed by atoms with Gasteiger partial charge in [0, 0.05) is 12.4 Å². The molecule has 0 aliphatic carbocycles. The maximum absolute atomic E-state index is 8.00. The van der Waals surface area contributed by atoms with Crippen LogP contribution >= 0.6 is 0 Å². The van der Waals surface area contributed by atoms with Gasteiger partial charge >= 0.3 is 0 Å². The van der Waals surface area contributed by atoms with Crippen molar-refractivity contribution in [3.05, 3.63) is 37.4 Å². The highest BCUT2D eigenvalue weighted by molar-refractivity contribution is 5.10. The molecule has 0 aromatic carbocycles. The van der Waals surface area contributed by atoms with Gasteiger partial charge in [-0.2, -0.15) is 10.2 Å². The molecule has 0 saturated heterocycles. The van der Waals surface area contributed by atoms with Gasteiger partial charge in [0.15, 0.2) is 0 Å². The molecular weight excluding hydrogens is 184 g/mol. The van der Waals surface area contributed by atoms with E-state index in [0.29, 0.717) is 0 Å². The fourth-order valence-electron chi connectivity index (χ4n) is 0.410. The maximum atomic E-state index is 8.00. The third-order valence-corrected chi connectivity index (χ3v) is 0.809. The van der Waals surface area contributed by atoms with Crippen molar-refractivity contribution in [2.75, 3.05) is 0 Å². The van der Waals surface area contributed by atoms with E-state index in [2.05, 4.69) is 30.4 Å². The van der Waals surface area contributed by atoms with E-state index in [1.165, 1.54) is 25.0 Å². The first-order valence-corrected chi connectivity index (χ1v) is 3.42. The highest BCUT2D eigenvalue weighted by atomic mass is 16.1. The summed E-state index contributed by atoms with van der Waals surface area (Å²) in [5.74, 6) is 0. The summed E-state index contributed by atoms with van der Waals surface area (Å²) in [5.41, 5.74) is 0. The quantitative estimate of drug-likeness (QED) is 0.558. The second-order valence-electron chi connectivity index (χ2n) is 1.59. The molecule has 0 bridgehead atoms. The van der Waals surface area contributed by atoms with Gasteiger partial charge in [-0.05, 0) is 0 Å². The number of carbonyl (C=O) groups is 1. The molecule has 2 aromatic heterocycles. The van der Waals surface area contributed by atoms with Crippen LogP contribution in [0, 0.1) is 0 Å². The molecule has 7 nitrogen and oxygen atoms in total. The lowest BCUT2D eigenvalue weighted by Crippen LogP contribution is -1.75. The second-order valence-corrected chi connectivity index (χ2v) is 1.59. The first-order valence-electron chi connectivity index (χ1n) is 3.42. The highest BCUT2D eigenvalue weighted by Gasteiger charge is 1.60. The average Bonchev–Trinajstić information content (AvgIpc) is 2.37. The Balaban J connectivity index is 0.000000206. The minimum atomic E-state index is 1.39. The Morgan fingerprint density at radius 3 is 1.14 bits per heavy atom. The van der Waals surface area contributed by atoms with Gasteiger partial charge in [-0.3, -0.25) is 0 Å². The van der Waals surface area contributed by atoms with Crippen molar-refractivity contribution in [1.29, 1.82) is 0 Å². The predicted octanol–water partition coefficient (Wildman–Crippen LogP) is -0.442. The molecule has 0 saturated carbocycles. The first-order chi connectivity index (χ1) is 7.00. The Hall–Kier alpha value is -2.31. The Morgan fingerprint density at radius 1 is 0.643 bits per heavy atom. The van der Waals surface area contributed by atoms with Gasteiger partial charge in [0.1, 0.15) is 19.4 Å². The summed E-state index contributed by atoms with van der Waals surface area (Å²) in [6.07, 6.45) is 8.99. The Labute approximate surface area is 80.3 Å². The van der Waals surface area contributed by atoms with E-state index < -0.39 is 0 Å². The number of rotatable bonds is 0. The molecule has 0 aliphatic rings. The van der Waals surface area contributed by atoms with E-state index in [-0.39, 0.29) is 0 Å². The molecule has 72 valence electrons. The maximum Gasteiger partial charge on any atom is 0.138 e. The fourth-order valence-corrected chi connectivity index (χ4v) is 0.410. The summed E-state index contributed by atoms with van der Waals surface area (Å²) >= 11 is 0. The summed E-state index contributed by atoms with van der Waals surface area (Å²) < 4.78 is 0. The lowest BCUT2D eigenvalue weighted by Gasteiger charge is -1.69. The van der Waals surface area contributed by atoms with E-state index >= 15 is 0 Å². The van der Waals surface area contributed by atoms with Crippen LogP contribution in [-0.4, -0.2) is 37.2 Å². The van der Waals surface area contributed by atoms with Crippen molar-refractivity contribution in [2.24, 2.45) is 0 Å². The zero-order chi connectivity index (χ0) is 10.5. The van der Waals surface area contributed by atoms with Crippen molar-refractivity contribution in [2.45, 2.75) is 0 Å². The molecule has 0 unspecified atom stereocenters. The molecule has 7 heteroatoms. The van der Waals surface area contributed by atoms with Crippen LogP contribution < -0.4 is 0 Å². The SMILES string of the molecule is C=O.c1cnncn1.c1cnncn1. The van der Waals surface area contributed by atoms with Crippen LogP contribution in [0.25, 0.3) is 0 Å². The molecular formula is C7H8N6O. The van der Waals surface area contributed by atoms with Crippen molar-refractivity contribution < 1.29 is 4.79 Å². The topological polar surface area (TPSA) is 94.4 Å². The van der Waals surface area contributed by atoms with Crippen molar-refractivity contribution in [3.63, 3.8) is 0 Å². The Bertz CT molecular complexity index is 206. The Kier molecular flexibility index (Phi) is 8.93. The molecule has 0 fully saturated rings. The number of carbonyl (C=O) groups excluding carboxylic acids is 1. The molecule has 2 heterocycles. The molecule has 2 aromatic rings. The van der Waals surface area contributed by atoms with E-state index in [9.17, 15) is 0 Å². The number of nitrogens with zero attached hydrogens (tertiary/aromatic N) is 6. The number of aromatic nitrogens is 6. The summed E-state index contributed by atoms with van der Waals surface area (Å²) in [6, 6.07) is 0. The van der Waals surface area contributed by atoms with Crippen LogP contribution in [0.3, 0.4) is 0 Å². The highest BCUT2D eigenvalue weighted by Crippen LogP contribution is 1.59. The van der Waals surface area contributed by atoms with Gasteiger partial charge in [0.25, 0.3) is 0 Å². The molecule has 2 rings (SSSR count). The molecule has 0 atom stereocenters. The summed E-state index contributed by atoms with van der Waals surface area (Å²) in [4.78, 5) is 15.2. The summed E-state index contributed by atoms with van der Waals surface area (Å²) in [6.45, 7) is 2.00. The van der Waals surface area contributed by atoms with Crippen LogP contribution in [-0.2, 0) is 4.79 Å². The standard InChI is InChI=1S/2C3H3N3.CH2O/c2*1-2-5-6-3-4-1;1-2/h2*1-3H;1H2. The largest absolute Gasteiger partial charge is 0.307 e. The first kappa shape index (κ1) is 11.7. The third kappa shape index (κ3) is 7.79. The lowest BCUT2D eigenvalue weighted by molar-refractivity contribution is -0.0979. The van der Waals surface area contributed by atoms with Gasteiger partial charge in [-0.15, -0.1) is 10.2 Å². The van der Waals surface area contributed by atoms with E-state index in [1.54, 1.807) is 12.4 Å². The minimum Gasteiger partial charge on any atom is -0.307 e. The number of hydrogen-bond acceptors (Lipinski definition) is 7. The summed E-state index contributed by atoms with van der Waals surface area (Å²) in [5, 5.41) is 13.8. The van der Waals surface area contributed by atoms with Gasteiger partial charge in [-0.25, -0.2) is 9.97 Å². The number of hydrogen-bond donors (Lipinski definition) is 0. The molecule has 0 amide bonds. The third-order valence-electron chi connectivity index (χ3n) is 0.809. The smallest absolute Gasteiger partial charge is 0.138 e. The van der Waals surface area contributed by atoms with Gasteiger partial charge in [0.2, 0.25) is 0 Å². The molecule has 0 aliphatic heterocycles. The zero-order valence-corrected chi connectivity index (χ0v) is 7.26.